The van der Waals surface area contributed by atoms with Crippen LogP contribution in [0, 0.1) is 16.7 Å². The van der Waals surface area contributed by atoms with Crippen molar-refractivity contribution in [2.24, 2.45) is 16.7 Å². The van der Waals surface area contributed by atoms with Gasteiger partial charge >= 0.3 is 0 Å². The van der Waals surface area contributed by atoms with Crippen molar-refractivity contribution < 1.29 is 9.84 Å². The SMILES string of the molecule is CCN(CC)C[C@H](O)CO[C@H]1C[C@@H]2CC[C@]1(C)C2(C)C. The fraction of sp³-hybridized carbons (Fsp3) is 1.00. The van der Waals surface area contributed by atoms with Crippen molar-refractivity contribution >= 4 is 0 Å². The third-order valence-corrected chi connectivity index (χ3v) is 6.57. The summed E-state index contributed by atoms with van der Waals surface area (Å²) in [5.74, 6) is 0.803. The zero-order valence-corrected chi connectivity index (χ0v) is 14.0. The average Bonchev–Trinajstić information content (AvgIpc) is 2.75. The summed E-state index contributed by atoms with van der Waals surface area (Å²) in [6.45, 7) is 14.7. The molecule has 0 spiro atoms. The minimum Gasteiger partial charge on any atom is -0.389 e. The van der Waals surface area contributed by atoms with E-state index in [-0.39, 0.29) is 6.10 Å². The zero-order chi connectivity index (χ0) is 15.0. The maximum absolute atomic E-state index is 10.2. The van der Waals surface area contributed by atoms with Crippen molar-refractivity contribution in [1.29, 1.82) is 0 Å². The van der Waals surface area contributed by atoms with Crippen LogP contribution in [0.25, 0.3) is 0 Å². The molecule has 2 fully saturated rings. The van der Waals surface area contributed by atoms with E-state index in [1.807, 2.05) is 0 Å². The summed E-state index contributed by atoms with van der Waals surface area (Å²) < 4.78 is 6.15. The minimum atomic E-state index is -0.360. The lowest BCUT2D eigenvalue weighted by atomic mass is 9.70. The second-order valence-corrected chi connectivity index (χ2v) is 7.57. The molecule has 0 aromatic rings. The van der Waals surface area contributed by atoms with E-state index in [2.05, 4.69) is 39.5 Å². The second-order valence-electron chi connectivity index (χ2n) is 7.57. The molecule has 0 aliphatic heterocycles. The molecule has 3 nitrogen and oxygen atoms in total. The number of ether oxygens (including phenoxy) is 1. The Balaban J connectivity index is 1.84. The number of hydrogen-bond acceptors (Lipinski definition) is 3. The Labute approximate surface area is 124 Å². The Bertz CT molecular complexity index is 327. The summed E-state index contributed by atoms with van der Waals surface area (Å²) >= 11 is 0. The summed E-state index contributed by atoms with van der Waals surface area (Å²) in [5.41, 5.74) is 0.689. The summed E-state index contributed by atoms with van der Waals surface area (Å²) in [4.78, 5) is 2.25. The molecule has 0 aromatic heterocycles. The Hall–Kier alpha value is -0.120. The summed E-state index contributed by atoms with van der Waals surface area (Å²) in [6.07, 6.45) is 3.79. The predicted octanol–water partition coefficient (Wildman–Crippen LogP) is 2.92. The van der Waals surface area contributed by atoms with Gasteiger partial charge in [-0.3, -0.25) is 0 Å². The van der Waals surface area contributed by atoms with Gasteiger partial charge in [0.2, 0.25) is 0 Å². The molecule has 20 heavy (non-hydrogen) atoms. The molecule has 4 atom stereocenters. The van der Waals surface area contributed by atoms with Crippen molar-refractivity contribution in [1.82, 2.24) is 4.90 Å². The van der Waals surface area contributed by atoms with E-state index in [4.69, 9.17) is 4.74 Å². The fourth-order valence-corrected chi connectivity index (χ4v) is 4.44. The highest BCUT2D eigenvalue weighted by molar-refractivity contribution is 5.11. The lowest BCUT2D eigenvalue weighted by Gasteiger charge is -2.39. The van der Waals surface area contributed by atoms with Crippen LogP contribution in [0.3, 0.4) is 0 Å². The van der Waals surface area contributed by atoms with Gasteiger partial charge in [0.25, 0.3) is 0 Å². The lowest BCUT2D eigenvalue weighted by molar-refractivity contribution is -0.0789. The molecule has 0 unspecified atom stereocenters. The van der Waals surface area contributed by atoms with Gasteiger partial charge < -0.3 is 14.7 Å². The van der Waals surface area contributed by atoms with Crippen LogP contribution in [-0.4, -0.2) is 48.5 Å². The van der Waals surface area contributed by atoms with Crippen molar-refractivity contribution in [2.45, 2.75) is 66.1 Å². The number of likely N-dealkylation sites (N-methyl/N-ethyl adjacent to an activating group) is 1. The van der Waals surface area contributed by atoms with Crippen LogP contribution in [0.2, 0.25) is 0 Å². The molecule has 3 heteroatoms. The highest BCUT2D eigenvalue weighted by Crippen LogP contribution is 2.66. The van der Waals surface area contributed by atoms with Gasteiger partial charge in [0.05, 0.1) is 18.8 Å². The first-order valence-corrected chi connectivity index (χ1v) is 8.37. The molecule has 0 heterocycles. The van der Waals surface area contributed by atoms with E-state index < -0.39 is 0 Å². The molecule has 2 rings (SSSR count). The molecule has 0 radical (unpaired) electrons. The predicted molar refractivity (Wildman–Crippen MR) is 82.8 cm³/mol. The van der Waals surface area contributed by atoms with Gasteiger partial charge in [0, 0.05) is 6.54 Å². The molecule has 2 aliphatic carbocycles. The first-order chi connectivity index (χ1) is 9.35. The smallest absolute Gasteiger partial charge is 0.0900 e. The van der Waals surface area contributed by atoms with Crippen LogP contribution in [0.5, 0.6) is 0 Å². The normalized spacial score (nSPS) is 36.8. The summed E-state index contributed by atoms with van der Waals surface area (Å²) in [6, 6.07) is 0. The zero-order valence-electron chi connectivity index (χ0n) is 14.0. The Morgan fingerprint density at radius 1 is 1.25 bits per heavy atom. The topological polar surface area (TPSA) is 32.7 Å². The van der Waals surface area contributed by atoms with E-state index in [0.29, 0.717) is 23.5 Å². The van der Waals surface area contributed by atoms with Crippen molar-refractivity contribution in [3.05, 3.63) is 0 Å². The van der Waals surface area contributed by atoms with Gasteiger partial charge in [0.1, 0.15) is 0 Å². The van der Waals surface area contributed by atoms with Gasteiger partial charge in [-0.2, -0.15) is 0 Å². The van der Waals surface area contributed by atoms with Crippen molar-refractivity contribution in [2.75, 3.05) is 26.2 Å². The molecule has 0 saturated heterocycles. The fourth-order valence-electron chi connectivity index (χ4n) is 4.44. The molecule has 0 aromatic carbocycles. The third-order valence-electron chi connectivity index (χ3n) is 6.57. The molecule has 118 valence electrons. The van der Waals surface area contributed by atoms with E-state index in [9.17, 15) is 5.11 Å². The molecule has 0 amide bonds. The first-order valence-electron chi connectivity index (χ1n) is 8.37. The first kappa shape index (κ1) is 16.3. The van der Waals surface area contributed by atoms with Crippen LogP contribution >= 0.6 is 0 Å². The monoisotopic (exact) mass is 283 g/mol. The average molecular weight is 283 g/mol. The van der Waals surface area contributed by atoms with Gasteiger partial charge in [0.15, 0.2) is 0 Å². The maximum atomic E-state index is 10.2. The second kappa shape index (κ2) is 5.94. The molecule has 1 N–H and O–H groups in total. The van der Waals surface area contributed by atoms with Crippen molar-refractivity contribution in [3.63, 3.8) is 0 Å². The van der Waals surface area contributed by atoms with Gasteiger partial charge in [-0.05, 0) is 49.1 Å². The van der Waals surface area contributed by atoms with Crippen LogP contribution in [0.15, 0.2) is 0 Å². The van der Waals surface area contributed by atoms with E-state index >= 15 is 0 Å². The van der Waals surface area contributed by atoms with Gasteiger partial charge in [-0.1, -0.05) is 34.6 Å². The van der Waals surface area contributed by atoms with E-state index in [1.165, 1.54) is 19.3 Å². The highest BCUT2D eigenvalue weighted by atomic mass is 16.5. The number of nitrogens with zero attached hydrogens (tertiary/aromatic N) is 1. The minimum absolute atomic E-state index is 0.298. The van der Waals surface area contributed by atoms with Crippen LogP contribution in [0.1, 0.15) is 53.9 Å². The Morgan fingerprint density at radius 3 is 2.35 bits per heavy atom. The van der Waals surface area contributed by atoms with Crippen LogP contribution < -0.4 is 0 Å². The number of aliphatic hydroxyl groups excluding tert-OH is 1. The van der Waals surface area contributed by atoms with Gasteiger partial charge in [-0.25, -0.2) is 0 Å². The van der Waals surface area contributed by atoms with Crippen LogP contribution in [-0.2, 0) is 4.74 Å². The number of hydrogen-bond donors (Lipinski definition) is 1. The summed E-state index contributed by atoms with van der Waals surface area (Å²) in [5, 5.41) is 10.2. The van der Waals surface area contributed by atoms with E-state index in [1.54, 1.807) is 0 Å². The molecular formula is C17H33NO2. The number of rotatable bonds is 7. The van der Waals surface area contributed by atoms with Crippen molar-refractivity contribution in [3.8, 4) is 0 Å². The lowest BCUT2D eigenvalue weighted by Crippen LogP contribution is -2.40. The maximum Gasteiger partial charge on any atom is 0.0900 e. The van der Waals surface area contributed by atoms with Gasteiger partial charge in [-0.15, -0.1) is 0 Å². The molecule has 2 saturated carbocycles. The van der Waals surface area contributed by atoms with E-state index in [0.717, 1.165) is 25.6 Å². The standard InChI is InChI=1S/C17H33NO2/c1-6-18(7-2)11-14(19)12-20-15-10-13-8-9-17(15,5)16(13,3)4/h13-15,19H,6-12H2,1-5H3/t13-,14-,15-,17-/m0/s1. The third kappa shape index (κ3) is 2.65. The molecule has 2 bridgehead atoms. The molecular weight excluding hydrogens is 250 g/mol. The Morgan fingerprint density at radius 2 is 1.90 bits per heavy atom. The highest BCUT2D eigenvalue weighted by Gasteiger charge is 2.61. The largest absolute Gasteiger partial charge is 0.389 e. The summed E-state index contributed by atoms with van der Waals surface area (Å²) in [7, 11) is 0. The van der Waals surface area contributed by atoms with Crippen LogP contribution in [0.4, 0.5) is 0 Å². The molecule has 2 aliphatic rings. The quantitative estimate of drug-likeness (QED) is 0.780. The number of aliphatic hydroxyl groups is 1. The number of fused-ring (bicyclic) bond motifs is 2. The Kier molecular flexibility index (Phi) is 4.83.